The molecule has 1 N–H and O–H groups in total. The molecule has 0 unspecified atom stereocenters. The average molecular weight is 419 g/mol. The van der Waals surface area contributed by atoms with E-state index in [1.165, 1.54) is 63.9 Å². The molecule has 2 rings (SSSR count). The number of rotatable bonds is 14. The van der Waals surface area contributed by atoms with E-state index < -0.39 is 10.1 Å². The zero-order valence-electron chi connectivity index (χ0n) is 17.5. The van der Waals surface area contributed by atoms with Crippen molar-refractivity contribution in [3.8, 4) is 16.9 Å². The van der Waals surface area contributed by atoms with Crippen molar-refractivity contribution in [3.05, 3.63) is 48.5 Å². The largest absolute Gasteiger partial charge is 0.494 e. The van der Waals surface area contributed by atoms with E-state index in [2.05, 4.69) is 6.92 Å². The molecule has 0 aromatic heterocycles. The molecule has 2 aromatic rings. The number of hydrogen-bond donors (Lipinski definition) is 1. The first kappa shape index (κ1) is 23.4. The van der Waals surface area contributed by atoms with E-state index in [4.69, 9.17) is 4.74 Å². The first-order valence-corrected chi connectivity index (χ1v) is 12.3. The lowest BCUT2D eigenvalue weighted by molar-refractivity contribution is 0.304. The highest BCUT2D eigenvalue weighted by Gasteiger charge is 2.15. The van der Waals surface area contributed by atoms with E-state index in [1.807, 2.05) is 24.3 Å². The summed E-state index contributed by atoms with van der Waals surface area (Å²) in [7, 11) is -4.26. The Bertz CT molecular complexity index is 813. The van der Waals surface area contributed by atoms with Gasteiger partial charge in [-0.05, 0) is 30.2 Å². The molecular weight excluding hydrogens is 384 g/mol. The van der Waals surface area contributed by atoms with Crippen molar-refractivity contribution in [1.82, 2.24) is 0 Å². The number of unbranched alkanes of at least 4 members (excludes halogenated alkanes) is 9. The van der Waals surface area contributed by atoms with Crippen molar-refractivity contribution >= 4 is 10.1 Å². The van der Waals surface area contributed by atoms with Crippen LogP contribution in [-0.2, 0) is 10.1 Å². The molecular formula is C24H34O4S. The number of ether oxygens (including phenoxy) is 1. The molecule has 0 atom stereocenters. The van der Waals surface area contributed by atoms with Crippen molar-refractivity contribution in [1.29, 1.82) is 0 Å². The maximum atomic E-state index is 11.6. The Hall–Kier alpha value is -1.85. The predicted octanol–water partition coefficient (Wildman–Crippen LogP) is 6.90. The van der Waals surface area contributed by atoms with Crippen molar-refractivity contribution in [2.24, 2.45) is 0 Å². The summed E-state index contributed by atoms with van der Waals surface area (Å²) < 4.78 is 38.3. The SMILES string of the molecule is CCCCCCCCCCCCOc1ccc(-c2ccccc2S(=O)(=O)O)cc1. The third-order valence-electron chi connectivity index (χ3n) is 5.10. The molecule has 5 heteroatoms. The van der Waals surface area contributed by atoms with Crippen LogP contribution in [-0.4, -0.2) is 19.6 Å². The molecule has 0 saturated heterocycles. The Kier molecular flexibility index (Phi) is 10.2. The third kappa shape index (κ3) is 8.58. The molecule has 0 bridgehead atoms. The molecule has 0 heterocycles. The Morgan fingerprint density at radius 3 is 1.90 bits per heavy atom. The summed E-state index contributed by atoms with van der Waals surface area (Å²) in [6, 6.07) is 13.7. The monoisotopic (exact) mass is 418 g/mol. The lowest BCUT2D eigenvalue weighted by Crippen LogP contribution is -2.00. The Morgan fingerprint density at radius 1 is 0.759 bits per heavy atom. The first-order valence-electron chi connectivity index (χ1n) is 10.8. The van der Waals surface area contributed by atoms with Gasteiger partial charge in [-0.2, -0.15) is 8.42 Å². The molecule has 0 radical (unpaired) electrons. The normalized spacial score (nSPS) is 11.5. The summed E-state index contributed by atoms with van der Waals surface area (Å²) in [6.45, 7) is 2.94. The zero-order valence-corrected chi connectivity index (χ0v) is 18.3. The van der Waals surface area contributed by atoms with Gasteiger partial charge in [0.05, 0.1) is 6.61 Å². The molecule has 0 aliphatic heterocycles. The van der Waals surface area contributed by atoms with Crippen molar-refractivity contribution in [2.45, 2.75) is 76.0 Å². The van der Waals surface area contributed by atoms with Gasteiger partial charge in [-0.3, -0.25) is 4.55 Å². The van der Waals surface area contributed by atoms with Gasteiger partial charge in [-0.25, -0.2) is 0 Å². The molecule has 0 aliphatic rings. The maximum absolute atomic E-state index is 11.6. The highest BCUT2D eigenvalue weighted by molar-refractivity contribution is 7.86. The van der Waals surface area contributed by atoms with E-state index in [0.29, 0.717) is 12.2 Å². The van der Waals surface area contributed by atoms with Crippen LogP contribution in [0.25, 0.3) is 11.1 Å². The van der Waals surface area contributed by atoms with Crippen LogP contribution in [0.5, 0.6) is 5.75 Å². The summed E-state index contributed by atoms with van der Waals surface area (Å²) >= 11 is 0. The molecule has 0 aliphatic carbocycles. The summed E-state index contributed by atoms with van der Waals surface area (Å²) in [6.07, 6.45) is 13.0. The third-order valence-corrected chi connectivity index (χ3v) is 6.01. The summed E-state index contributed by atoms with van der Waals surface area (Å²) in [4.78, 5) is -0.0842. The van der Waals surface area contributed by atoms with Gasteiger partial charge in [-0.15, -0.1) is 0 Å². The van der Waals surface area contributed by atoms with Gasteiger partial charge >= 0.3 is 0 Å². The van der Waals surface area contributed by atoms with Crippen LogP contribution in [0.15, 0.2) is 53.4 Å². The van der Waals surface area contributed by atoms with E-state index in [0.717, 1.165) is 17.7 Å². The second-order valence-corrected chi connectivity index (χ2v) is 8.92. The second kappa shape index (κ2) is 12.7. The van der Waals surface area contributed by atoms with Crippen LogP contribution in [0.3, 0.4) is 0 Å². The quantitative estimate of drug-likeness (QED) is 0.268. The maximum Gasteiger partial charge on any atom is 0.295 e. The lowest BCUT2D eigenvalue weighted by atomic mass is 10.1. The zero-order chi connectivity index (χ0) is 21.0. The molecule has 4 nitrogen and oxygen atoms in total. The molecule has 0 amide bonds. The smallest absolute Gasteiger partial charge is 0.295 e. The number of hydrogen-bond acceptors (Lipinski definition) is 3. The summed E-state index contributed by atoms with van der Waals surface area (Å²) in [5.41, 5.74) is 1.21. The highest BCUT2D eigenvalue weighted by Crippen LogP contribution is 2.28. The summed E-state index contributed by atoms with van der Waals surface area (Å²) in [5.74, 6) is 0.772. The predicted molar refractivity (Wildman–Crippen MR) is 119 cm³/mol. The standard InChI is InChI=1S/C24H34O4S/c1-2-3-4-5-6-7-8-9-10-13-20-28-22-18-16-21(17-19-22)23-14-11-12-15-24(23)29(25,26)27/h11-12,14-19H,2-10,13,20H2,1H3,(H,25,26,27). The second-order valence-electron chi connectivity index (χ2n) is 7.53. The minimum absolute atomic E-state index is 0.0842. The van der Waals surface area contributed by atoms with E-state index in [9.17, 15) is 13.0 Å². The molecule has 0 fully saturated rings. The number of benzene rings is 2. The van der Waals surface area contributed by atoms with Gasteiger partial charge in [0.2, 0.25) is 0 Å². The molecule has 29 heavy (non-hydrogen) atoms. The van der Waals surface area contributed by atoms with Crippen LogP contribution in [0.4, 0.5) is 0 Å². The first-order chi connectivity index (χ1) is 14.0. The van der Waals surface area contributed by atoms with Gasteiger partial charge < -0.3 is 4.74 Å². The van der Waals surface area contributed by atoms with Crippen molar-refractivity contribution in [3.63, 3.8) is 0 Å². The van der Waals surface area contributed by atoms with Crippen LogP contribution >= 0.6 is 0 Å². The van der Waals surface area contributed by atoms with Crippen molar-refractivity contribution in [2.75, 3.05) is 6.61 Å². The van der Waals surface area contributed by atoms with E-state index >= 15 is 0 Å². The van der Waals surface area contributed by atoms with Crippen molar-refractivity contribution < 1.29 is 17.7 Å². The Labute approximate surface area is 176 Å². The topological polar surface area (TPSA) is 63.6 Å². The van der Waals surface area contributed by atoms with Crippen LogP contribution < -0.4 is 4.74 Å². The summed E-state index contributed by atoms with van der Waals surface area (Å²) in [5, 5.41) is 0. The van der Waals surface area contributed by atoms with E-state index in [-0.39, 0.29) is 4.90 Å². The van der Waals surface area contributed by atoms with Gasteiger partial charge in [0.25, 0.3) is 10.1 Å². The van der Waals surface area contributed by atoms with E-state index in [1.54, 1.807) is 18.2 Å². The fraction of sp³-hybridized carbons (Fsp3) is 0.500. The lowest BCUT2D eigenvalue weighted by Gasteiger charge is -2.09. The van der Waals surface area contributed by atoms with Crippen LogP contribution in [0.2, 0.25) is 0 Å². The minimum atomic E-state index is -4.26. The van der Waals surface area contributed by atoms with Crippen LogP contribution in [0.1, 0.15) is 71.1 Å². The van der Waals surface area contributed by atoms with Gasteiger partial charge in [0, 0.05) is 5.56 Å². The van der Waals surface area contributed by atoms with Gasteiger partial charge in [0.15, 0.2) is 0 Å². The molecule has 160 valence electrons. The molecule has 2 aromatic carbocycles. The minimum Gasteiger partial charge on any atom is -0.494 e. The van der Waals surface area contributed by atoms with Gasteiger partial charge in [0.1, 0.15) is 10.6 Å². The van der Waals surface area contributed by atoms with Crippen LogP contribution in [0, 0.1) is 0 Å². The highest BCUT2D eigenvalue weighted by atomic mass is 32.2. The Balaban J connectivity index is 1.69. The Morgan fingerprint density at radius 2 is 1.31 bits per heavy atom. The molecule has 0 saturated carbocycles. The fourth-order valence-electron chi connectivity index (χ4n) is 3.44. The molecule has 0 spiro atoms. The fourth-order valence-corrected chi connectivity index (χ4v) is 4.15. The average Bonchev–Trinajstić information content (AvgIpc) is 2.72. The van der Waals surface area contributed by atoms with Gasteiger partial charge in [-0.1, -0.05) is 95.0 Å².